The molecule has 0 fully saturated rings. The van der Waals surface area contributed by atoms with E-state index in [0.717, 1.165) is 12.1 Å². The summed E-state index contributed by atoms with van der Waals surface area (Å²) >= 11 is 0. The molecule has 3 rings (SSSR count). The summed E-state index contributed by atoms with van der Waals surface area (Å²) in [6.45, 7) is -0.332. The van der Waals surface area contributed by atoms with Crippen LogP contribution in [0.15, 0.2) is 72.8 Å². The van der Waals surface area contributed by atoms with Crippen molar-refractivity contribution in [3.8, 4) is 22.6 Å². The SMILES string of the molecule is COc1ccccc1-c1ccc(C(F)(F)F)cc1CNC(=O)COc1ccccc1. The number of hydrogen-bond acceptors (Lipinski definition) is 3. The van der Waals surface area contributed by atoms with Gasteiger partial charge in [-0.05, 0) is 41.5 Å². The molecule has 156 valence electrons. The molecular formula is C23H20F3NO3. The zero-order valence-electron chi connectivity index (χ0n) is 16.2. The second kappa shape index (κ2) is 9.35. The molecule has 0 saturated heterocycles. The lowest BCUT2D eigenvalue weighted by Gasteiger charge is -2.16. The van der Waals surface area contributed by atoms with Crippen LogP contribution in [0.5, 0.6) is 11.5 Å². The van der Waals surface area contributed by atoms with Gasteiger partial charge in [-0.2, -0.15) is 13.2 Å². The zero-order valence-corrected chi connectivity index (χ0v) is 16.2. The average molecular weight is 415 g/mol. The second-order valence-corrected chi connectivity index (χ2v) is 6.45. The number of para-hydroxylation sites is 2. The minimum Gasteiger partial charge on any atom is -0.496 e. The Labute approximate surface area is 172 Å². The molecule has 30 heavy (non-hydrogen) atoms. The van der Waals surface area contributed by atoms with Gasteiger partial charge in [-0.25, -0.2) is 0 Å². The van der Waals surface area contributed by atoms with E-state index < -0.39 is 17.6 Å². The molecular weight excluding hydrogens is 395 g/mol. The molecule has 0 heterocycles. The Morgan fingerprint density at radius 1 is 0.933 bits per heavy atom. The van der Waals surface area contributed by atoms with Gasteiger partial charge < -0.3 is 14.8 Å². The van der Waals surface area contributed by atoms with Gasteiger partial charge in [0.15, 0.2) is 6.61 Å². The molecule has 0 unspecified atom stereocenters. The minimum atomic E-state index is -4.49. The Hall–Kier alpha value is -3.48. The van der Waals surface area contributed by atoms with Gasteiger partial charge >= 0.3 is 6.18 Å². The average Bonchev–Trinajstić information content (AvgIpc) is 2.76. The minimum absolute atomic E-state index is 0.0890. The van der Waals surface area contributed by atoms with Crippen molar-refractivity contribution in [1.82, 2.24) is 5.32 Å². The summed E-state index contributed by atoms with van der Waals surface area (Å²) in [4.78, 5) is 12.2. The Kier molecular flexibility index (Phi) is 6.61. The number of alkyl halides is 3. The van der Waals surface area contributed by atoms with Crippen LogP contribution >= 0.6 is 0 Å². The number of hydrogen-bond donors (Lipinski definition) is 1. The number of benzene rings is 3. The third-order valence-electron chi connectivity index (χ3n) is 4.42. The Morgan fingerprint density at radius 2 is 1.63 bits per heavy atom. The van der Waals surface area contributed by atoms with Crippen molar-refractivity contribution in [1.29, 1.82) is 0 Å². The van der Waals surface area contributed by atoms with E-state index in [2.05, 4.69) is 5.32 Å². The number of carbonyl (C=O) groups is 1. The maximum atomic E-state index is 13.2. The number of methoxy groups -OCH3 is 1. The first kappa shape index (κ1) is 21.2. The van der Waals surface area contributed by atoms with Crippen LogP contribution in [-0.2, 0) is 17.5 Å². The van der Waals surface area contributed by atoms with Crippen molar-refractivity contribution in [3.05, 3.63) is 83.9 Å². The van der Waals surface area contributed by atoms with Crippen LogP contribution in [0, 0.1) is 0 Å². The summed E-state index contributed by atoms with van der Waals surface area (Å²) in [5.41, 5.74) is 0.719. The van der Waals surface area contributed by atoms with E-state index in [1.165, 1.54) is 13.2 Å². The Balaban J connectivity index is 1.81. The van der Waals surface area contributed by atoms with Crippen molar-refractivity contribution in [3.63, 3.8) is 0 Å². The molecule has 1 N–H and O–H groups in total. The molecule has 0 aliphatic rings. The number of nitrogens with one attached hydrogen (secondary N) is 1. The highest BCUT2D eigenvalue weighted by molar-refractivity contribution is 5.79. The van der Waals surface area contributed by atoms with Crippen molar-refractivity contribution < 1.29 is 27.4 Å². The normalized spacial score (nSPS) is 11.1. The van der Waals surface area contributed by atoms with Gasteiger partial charge in [-0.1, -0.05) is 42.5 Å². The molecule has 1 amide bonds. The van der Waals surface area contributed by atoms with Gasteiger partial charge in [0.2, 0.25) is 0 Å². The summed E-state index contributed by atoms with van der Waals surface area (Å²) in [7, 11) is 1.49. The standard InChI is InChI=1S/C23H20F3NO3/c1-29-21-10-6-5-9-20(21)19-12-11-17(23(24,25)26)13-16(19)14-27-22(28)15-30-18-7-3-2-4-8-18/h2-13H,14-15H2,1H3,(H,27,28). The van der Waals surface area contributed by atoms with Crippen LogP contribution in [0.3, 0.4) is 0 Å². The maximum absolute atomic E-state index is 13.2. The maximum Gasteiger partial charge on any atom is 0.416 e. The highest BCUT2D eigenvalue weighted by atomic mass is 19.4. The lowest BCUT2D eigenvalue weighted by atomic mass is 9.96. The third-order valence-corrected chi connectivity index (χ3v) is 4.42. The lowest BCUT2D eigenvalue weighted by molar-refractivity contribution is -0.137. The van der Waals surface area contributed by atoms with Crippen molar-refractivity contribution in [2.24, 2.45) is 0 Å². The summed E-state index contributed by atoms with van der Waals surface area (Å²) in [6, 6.07) is 19.3. The summed E-state index contributed by atoms with van der Waals surface area (Å²) < 4.78 is 50.4. The highest BCUT2D eigenvalue weighted by Gasteiger charge is 2.31. The molecule has 0 bridgehead atoms. The quantitative estimate of drug-likeness (QED) is 0.586. The van der Waals surface area contributed by atoms with E-state index in [-0.39, 0.29) is 13.2 Å². The molecule has 7 heteroatoms. The van der Waals surface area contributed by atoms with Crippen molar-refractivity contribution in [2.75, 3.05) is 13.7 Å². The first-order chi connectivity index (χ1) is 14.4. The first-order valence-electron chi connectivity index (χ1n) is 9.16. The van der Waals surface area contributed by atoms with E-state index in [4.69, 9.17) is 9.47 Å². The number of ether oxygens (including phenoxy) is 2. The van der Waals surface area contributed by atoms with Crippen LogP contribution in [-0.4, -0.2) is 19.6 Å². The van der Waals surface area contributed by atoms with Gasteiger partial charge in [0, 0.05) is 12.1 Å². The fourth-order valence-corrected chi connectivity index (χ4v) is 2.96. The van der Waals surface area contributed by atoms with Gasteiger partial charge in [-0.15, -0.1) is 0 Å². The number of rotatable bonds is 7. The van der Waals surface area contributed by atoms with Crippen LogP contribution in [0.4, 0.5) is 13.2 Å². The van der Waals surface area contributed by atoms with E-state index >= 15 is 0 Å². The molecule has 0 atom stereocenters. The van der Waals surface area contributed by atoms with E-state index in [0.29, 0.717) is 28.2 Å². The molecule has 0 aliphatic carbocycles. The fraction of sp³-hybridized carbons (Fsp3) is 0.174. The van der Waals surface area contributed by atoms with E-state index in [9.17, 15) is 18.0 Å². The molecule has 3 aromatic rings. The largest absolute Gasteiger partial charge is 0.496 e. The summed E-state index contributed by atoms with van der Waals surface area (Å²) in [5.74, 6) is 0.612. The van der Waals surface area contributed by atoms with Gasteiger partial charge in [-0.3, -0.25) is 4.79 Å². The number of amides is 1. The summed E-state index contributed by atoms with van der Waals surface area (Å²) in [6.07, 6.45) is -4.49. The van der Waals surface area contributed by atoms with Crippen molar-refractivity contribution in [2.45, 2.75) is 12.7 Å². The number of carbonyl (C=O) groups excluding carboxylic acids is 1. The number of halogens is 3. The molecule has 0 aliphatic heterocycles. The van der Waals surface area contributed by atoms with E-state index in [1.807, 2.05) is 6.07 Å². The van der Waals surface area contributed by atoms with Crippen molar-refractivity contribution >= 4 is 5.91 Å². The van der Waals surface area contributed by atoms with E-state index in [1.54, 1.807) is 48.5 Å². The topological polar surface area (TPSA) is 47.6 Å². The first-order valence-corrected chi connectivity index (χ1v) is 9.16. The monoisotopic (exact) mass is 415 g/mol. The fourth-order valence-electron chi connectivity index (χ4n) is 2.96. The Morgan fingerprint density at radius 3 is 2.33 bits per heavy atom. The molecule has 0 aromatic heterocycles. The van der Waals surface area contributed by atoms with Crippen LogP contribution in [0.1, 0.15) is 11.1 Å². The smallest absolute Gasteiger partial charge is 0.416 e. The molecule has 4 nitrogen and oxygen atoms in total. The molecule has 3 aromatic carbocycles. The second-order valence-electron chi connectivity index (χ2n) is 6.45. The third kappa shape index (κ3) is 5.31. The lowest BCUT2D eigenvalue weighted by Crippen LogP contribution is -2.28. The summed E-state index contributed by atoms with van der Waals surface area (Å²) in [5, 5.41) is 2.62. The highest BCUT2D eigenvalue weighted by Crippen LogP contribution is 2.36. The van der Waals surface area contributed by atoms with Crippen LogP contribution < -0.4 is 14.8 Å². The van der Waals surface area contributed by atoms with Crippen LogP contribution in [0.2, 0.25) is 0 Å². The predicted molar refractivity (Wildman–Crippen MR) is 107 cm³/mol. The van der Waals surface area contributed by atoms with Crippen LogP contribution in [0.25, 0.3) is 11.1 Å². The van der Waals surface area contributed by atoms with Gasteiger partial charge in [0.25, 0.3) is 5.91 Å². The Bertz CT molecular complexity index is 1000. The molecule has 0 radical (unpaired) electrons. The molecule has 0 spiro atoms. The molecule has 0 saturated carbocycles. The zero-order chi connectivity index (χ0) is 21.6. The van der Waals surface area contributed by atoms with Gasteiger partial charge in [0.1, 0.15) is 11.5 Å². The predicted octanol–water partition coefficient (Wildman–Crippen LogP) is 5.08. The van der Waals surface area contributed by atoms with Gasteiger partial charge in [0.05, 0.1) is 12.7 Å².